The minimum Gasteiger partial charge on any atom is -0.309 e. The second-order valence-electron chi connectivity index (χ2n) is 5.54. The lowest BCUT2D eigenvalue weighted by Gasteiger charge is -2.20. The quantitative estimate of drug-likeness (QED) is 0.797. The predicted octanol–water partition coefficient (Wildman–Crippen LogP) is 3.88. The molecule has 0 saturated heterocycles. The van der Waals surface area contributed by atoms with Crippen LogP contribution in [0.25, 0.3) is 0 Å². The first-order valence-corrected chi connectivity index (χ1v) is 8.05. The Hall–Kier alpha value is -1.61. The molecule has 0 radical (unpaired) electrons. The van der Waals surface area contributed by atoms with Gasteiger partial charge in [0.15, 0.2) is 0 Å². The summed E-state index contributed by atoms with van der Waals surface area (Å²) < 4.78 is 2.10. The van der Waals surface area contributed by atoms with Crippen LogP contribution in [0, 0.1) is 6.92 Å². The lowest BCUT2D eigenvalue weighted by atomic mass is 9.99. The average molecular weight is 285 g/mol. The molecule has 2 aromatic rings. The number of hydrogen-bond donors (Lipinski definition) is 1. The molecule has 0 aliphatic heterocycles. The number of benzene rings is 1. The molecule has 1 N–H and O–H groups in total. The molecular formula is C18H27N3. The van der Waals surface area contributed by atoms with Gasteiger partial charge in [0.2, 0.25) is 0 Å². The molecule has 0 bridgehead atoms. The maximum Gasteiger partial charge on any atom is 0.0553 e. The SMILES string of the molecule is CCCNC(CCc1ccccc1C)c1ccnn1CC. The molecule has 2 rings (SSSR count). The Morgan fingerprint density at radius 2 is 2.00 bits per heavy atom. The van der Waals surface area contributed by atoms with E-state index in [-0.39, 0.29) is 0 Å². The summed E-state index contributed by atoms with van der Waals surface area (Å²) in [6, 6.07) is 11.2. The molecule has 3 heteroatoms. The first-order chi connectivity index (χ1) is 10.3. The Morgan fingerprint density at radius 3 is 2.71 bits per heavy atom. The molecule has 3 nitrogen and oxygen atoms in total. The number of aromatic nitrogens is 2. The minimum absolute atomic E-state index is 0.381. The zero-order chi connectivity index (χ0) is 15.1. The van der Waals surface area contributed by atoms with E-state index in [0.717, 1.165) is 32.4 Å². The highest BCUT2D eigenvalue weighted by Gasteiger charge is 2.15. The van der Waals surface area contributed by atoms with Gasteiger partial charge in [0.1, 0.15) is 0 Å². The molecule has 114 valence electrons. The summed E-state index contributed by atoms with van der Waals surface area (Å²) in [7, 11) is 0. The van der Waals surface area contributed by atoms with E-state index in [1.807, 2.05) is 6.20 Å². The van der Waals surface area contributed by atoms with Crippen molar-refractivity contribution in [1.29, 1.82) is 0 Å². The van der Waals surface area contributed by atoms with Gasteiger partial charge >= 0.3 is 0 Å². The van der Waals surface area contributed by atoms with Crippen molar-refractivity contribution in [2.75, 3.05) is 6.54 Å². The van der Waals surface area contributed by atoms with Gasteiger partial charge in [-0.1, -0.05) is 31.2 Å². The number of aryl methyl sites for hydroxylation is 3. The largest absolute Gasteiger partial charge is 0.309 e. The summed E-state index contributed by atoms with van der Waals surface area (Å²) >= 11 is 0. The molecule has 0 spiro atoms. The van der Waals surface area contributed by atoms with Crippen molar-refractivity contribution in [3.63, 3.8) is 0 Å². The topological polar surface area (TPSA) is 29.9 Å². The van der Waals surface area contributed by atoms with E-state index >= 15 is 0 Å². The normalized spacial score (nSPS) is 12.5. The highest BCUT2D eigenvalue weighted by atomic mass is 15.3. The van der Waals surface area contributed by atoms with E-state index in [0.29, 0.717) is 6.04 Å². The third-order valence-electron chi connectivity index (χ3n) is 4.01. The Kier molecular flexibility index (Phi) is 6.00. The van der Waals surface area contributed by atoms with Crippen LogP contribution in [0.4, 0.5) is 0 Å². The van der Waals surface area contributed by atoms with Crippen LogP contribution in [0.3, 0.4) is 0 Å². The molecule has 0 aliphatic rings. The molecule has 0 saturated carbocycles. The zero-order valence-electron chi connectivity index (χ0n) is 13.5. The summed E-state index contributed by atoms with van der Waals surface area (Å²) in [5, 5.41) is 8.09. The fraction of sp³-hybridized carbons (Fsp3) is 0.500. The van der Waals surface area contributed by atoms with E-state index in [9.17, 15) is 0 Å². The standard InChI is InChI=1S/C18H27N3/c1-4-13-19-17(18-12-14-20-21(18)5-2)11-10-16-9-7-6-8-15(16)3/h6-9,12,14,17,19H,4-5,10-11,13H2,1-3H3. The third-order valence-corrected chi connectivity index (χ3v) is 4.01. The minimum atomic E-state index is 0.381. The summed E-state index contributed by atoms with van der Waals surface area (Å²) in [5.74, 6) is 0. The Balaban J connectivity index is 2.08. The monoisotopic (exact) mass is 285 g/mol. The summed E-state index contributed by atoms with van der Waals surface area (Å²) in [6.45, 7) is 8.53. The highest BCUT2D eigenvalue weighted by Crippen LogP contribution is 2.20. The Bertz CT molecular complexity index is 545. The van der Waals surface area contributed by atoms with Crippen molar-refractivity contribution in [2.24, 2.45) is 0 Å². The maximum absolute atomic E-state index is 4.41. The maximum atomic E-state index is 4.41. The Morgan fingerprint density at radius 1 is 1.19 bits per heavy atom. The van der Waals surface area contributed by atoms with Gasteiger partial charge in [-0.05, 0) is 56.8 Å². The van der Waals surface area contributed by atoms with E-state index in [1.54, 1.807) is 0 Å². The van der Waals surface area contributed by atoms with Crippen molar-refractivity contribution in [3.05, 3.63) is 53.3 Å². The second kappa shape index (κ2) is 7.99. The van der Waals surface area contributed by atoms with E-state index in [1.165, 1.54) is 16.8 Å². The molecule has 1 aromatic heterocycles. The summed E-state index contributed by atoms with van der Waals surface area (Å²) in [6.07, 6.45) is 5.27. The van der Waals surface area contributed by atoms with Crippen molar-refractivity contribution < 1.29 is 0 Å². The molecule has 0 fully saturated rings. The lowest BCUT2D eigenvalue weighted by Crippen LogP contribution is -2.25. The number of rotatable bonds is 8. The van der Waals surface area contributed by atoms with Gasteiger partial charge in [-0.15, -0.1) is 0 Å². The van der Waals surface area contributed by atoms with Crippen LogP contribution < -0.4 is 5.32 Å². The number of nitrogens with zero attached hydrogens (tertiary/aromatic N) is 2. The van der Waals surface area contributed by atoms with Crippen LogP contribution >= 0.6 is 0 Å². The zero-order valence-corrected chi connectivity index (χ0v) is 13.5. The van der Waals surface area contributed by atoms with Gasteiger partial charge in [-0.25, -0.2) is 0 Å². The van der Waals surface area contributed by atoms with Crippen molar-refractivity contribution in [2.45, 2.75) is 52.6 Å². The smallest absolute Gasteiger partial charge is 0.0553 e. The van der Waals surface area contributed by atoms with Crippen LogP contribution in [0.1, 0.15) is 49.6 Å². The van der Waals surface area contributed by atoms with E-state index in [4.69, 9.17) is 0 Å². The van der Waals surface area contributed by atoms with Crippen LogP contribution in [0.5, 0.6) is 0 Å². The fourth-order valence-electron chi connectivity index (χ4n) is 2.77. The van der Waals surface area contributed by atoms with E-state index < -0.39 is 0 Å². The molecular weight excluding hydrogens is 258 g/mol. The van der Waals surface area contributed by atoms with Crippen LogP contribution in [0.15, 0.2) is 36.5 Å². The Labute approximate surface area is 128 Å². The lowest BCUT2D eigenvalue weighted by molar-refractivity contribution is 0.456. The molecule has 0 amide bonds. The first kappa shape index (κ1) is 15.8. The average Bonchev–Trinajstić information content (AvgIpc) is 2.97. The molecule has 21 heavy (non-hydrogen) atoms. The fourth-order valence-corrected chi connectivity index (χ4v) is 2.77. The number of nitrogens with one attached hydrogen (secondary N) is 1. The predicted molar refractivity (Wildman–Crippen MR) is 88.4 cm³/mol. The van der Waals surface area contributed by atoms with Crippen LogP contribution in [-0.4, -0.2) is 16.3 Å². The van der Waals surface area contributed by atoms with Gasteiger partial charge in [-0.2, -0.15) is 5.10 Å². The van der Waals surface area contributed by atoms with Crippen LogP contribution in [-0.2, 0) is 13.0 Å². The summed E-state index contributed by atoms with van der Waals surface area (Å²) in [4.78, 5) is 0. The molecule has 1 unspecified atom stereocenters. The van der Waals surface area contributed by atoms with Gasteiger partial charge in [-0.3, -0.25) is 4.68 Å². The molecule has 0 aliphatic carbocycles. The van der Waals surface area contributed by atoms with Gasteiger partial charge in [0, 0.05) is 18.8 Å². The van der Waals surface area contributed by atoms with Crippen molar-refractivity contribution in [1.82, 2.24) is 15.1 Å². The van der Waals surface area contributed by atoms with Crippen LogP contribution in [0.2, 0.25) is 0 Å². The summed E-state index contributed by atoms with van der Waals surface area (Å²) in [5.41, 5.74) is 4.14. The van der Waals surface area contributed by atoms with Gasteiger partial charge in [0.25, 0.3) is 0 Å². The van der Waals surface area contributed by atoms with E-state index in [2.05, 4.69) is 66.2 Å². The van der Waals surface area contributed by atoms with Gasteiger partial charge < -0.3 is 5.32 Å². The number of hydrogen-bond acceptors (Lipinski definition) is 2. The highest BCUT2D eigenvalue weighted by molar-refractivity contribution is 5.26. The first-order valence-electron chi connectivity index (χ1n) is 8.05. The molecule has 1 atom stereocenters. The van der Waals surface area contributed by atoms with Crippen molar-refractivity contribution >= 4 is 0 Å². The third kappa shape index (κ3) is 4.18. The van der Waals surface area contributed by atoms with Gasteiger partial charge in [0.05, 0.1) is 5.69 Å². The molecule has 1 aromatic carbocycles. The second-order valence-corrected chi connectivity index (χ2v) is 5.54. The van der Waals surface area contributed by atoms with Crippen molar-refractivity contribution in [3.8, 4) is 0 Å². The molecule has 1 heterocycles.